The fraction of sp³-hybridized carbons (Fsp3) is 0.250. The quantitative estimate of drug-likeness (QED) is 0.254. The van der Waals surface area contributed by atoms with E-state index in [1.807, 2.05) is 60.7 Å². The summed E-state index contributed by atoms with van der Waals surface area (Å²) in [4.78, 5) is 23.4. The highest BCUT2D eigenvalue weighted by atomic mass is 32.2. The van der Waals surface area contributed by atoms with Crippen molar-refractivity contribution in [2.24, 2.45) is 0 Å². The topological polar surface area (TPSA) is 90.7 Å². The van der Waals surface area contributed by atoms with Crippen molar-refractivity contribution < 1.29 is 23.6 Å². The van der Waals surface area contributed by atoms with Crippen LogP contribution in [0.3, 0.4) is 0 Å². The molecule has 8 heteroatoms. The molecule has 1 aliphatic heterocycles. The summed E-state index contributed by atoms with van der Waals surface area (Å²) in [6.45, 7) is 3.13. The number of thioether (sulfide) groups is 1. The summed E-state index contributed by atoms with van der Waals surface area (Å²) < 4.78 is 17.4. The second-order valence-electron chi connectivity index (χ2n) is 8.50. The van der Waals surface area contributed by atoms with E-state index in [1.54, 1.807) is 0 Å². The minimum atomic E-state index is -0.528. The lowest BCUT2D eigenvalue weighted by Crippen LogP contribution is -2.20. The van der Waals surface area contributed by atoms with Gasteiger partial charge in [0, 0.05) is 17.4 Å². The van der Waals surface area contributed by atoms with Gasteiger partial charge in [-0.1, -0.05) is 42.8 Å². The summed E-state index contributed by atoms with van der Waals surface area (Å²) >= 11 is 0.986. The van der Waals surface area contributed by atoms with E-state index in [0.717, 1.165) is 63.7 Å². The number of rotatable bonds is 10. The molecule has 2 heterocycles. The lowest BCUT2D eigenvalue weighted by Gasteiger charge is -2.13. The fourth-order valence-electron chi connectivity index (χ4n) is 4.20. The summed E-state index contributed by atoms with van der Waals surface area (Å²) in [5.41, 5.74) is 4.51. The highest BCUT2D eigenvalue weighted by Crippen LogP contribution is 2.35. The molecule has 0 unspecified atom stereocenters. The van der Waals surface area contributed by atoms with E-state index in [0.29, 0.717) is 25.4 Å². The Bertz CT molecular complexity index is 1400. The number of nitrogens with zero attached hydrogens (tertiary/aromatic N) is 1. The molecule has 36 heavy (non-hydrogen) atoms. The number of carbonyl (C=O) groups is 2. The highest BCUT2D eigenvalue weighted by Gasteiger charge is 2.33. The SMILES string of the molecule is CCCc1cc(-c2noc3ccccc23)ccc1OCCCOc1cccc([C@@H]2SC(=O)NC2=O)c1. The molecule has 0 aliphatic carbocycles. The number of fused-ring (bicyclic) bond motifs is 1. The largest absolute Gasteiger partial charge is 0.493 e. The molecule has 0 saturated carbocycles. The number of aryl methyl sites for hydroxylation is 1. The average molecular weight is 503 g/mol. The van der Waals surface area contributed by atoms with Gasteiger partial charge in [-0.15, -0.1) is 0 Å². The van der Waals surface area contributed by atoms with Gasteiger partial charge >= 0.3 is 0 Å². The Morgan fingerprint density at radius 1 is 1.00 bits per heavy atom. The minimum Gasteiger partial charge on any atom is -0.493 e. The van der Waals surface area contributed by atoms with Gasteiger partial charge in [0.05, 0.1) is 13.2 Å². The Balaban J connectivity index is 1.18. The molecule has 184 valence electrons. The minimum absolute atomic E-state index is 0.291. The number of benzene rings is 3. The van der Waals surface area contributed by atoms with Crippen molar-refractivity contribution in [2.75, 3.05) is 13.2 Å². The Morgan fingerprint density at radius 3 is 2.69 bits per heavy atom. The summed E-state index contributed by atoms with van der Waals surface area (Å²) in [6.07, 6.45) is 2.60. The van der Waals surface area contributed by atoms with Crippen molar-refractivity contribution in [3.63, 3.8) is 0 Å². The van der Waals surface area contributed by atoms with Crippen LogP contribution in [-0.4, -0.2) is 29.5 Å². The maximum atomic E-state index is 11.9. The number of amides is 2. The number of carbonyl (C=O) groups excluding carboxylic acids is 2. The number of imide groups is 1. The molecule has 1 fully saturated rings. The van der Waals surface area contributed by atoms with Crippen LogP contribution >= 0.6 is 11.8 Å². The van der Waals surface area contributed by atoms with Gasteiger partial charge in [-0.2, -0.15) is 0 Å². The normalized spacial score (nSPS) is 15.3. The van der Waals surface area contributed by atoms with Gasteiger partial charge in [-0.05, 0) is 71.8 Å². The molecule has 1 N–H and O–H groups in total. The van der Waals surface area contributed by atoms with Crippen LogP contribution in [0.1, 0.15) is 36.1 Å². The van der Waals surface area contributed by atoms with Crippen molar-refractivity contribution in [1.29, 1.82) is 0 Å². The number of ether oxygens (including phenoxy) is 2. The first-order valence-electron chi connectivity index (χ1n) is 12.0. The Morgan fingerprint density at radius 2 is 1.86 bits per heavy atom. The number of hydrogen-bond acceptors (Lipinski definition) is 7. The number of aromatic nitrogens is 1. The zero-order chi connectivity index (χ0) is 24.9. The zero-order valence-electron chi connectivity index (χ0n) is 19.9. The highest BCUT2D eigenvalue weighted by molar-refractivity contribution is 8.15. The van der Waals surface area contributed by atoms with E-state index in [9.17, 15) is 9.59 Å². The molecule has 1 atom stereocenters. The monoisotopic (exact) mass is 502 g/mol. The summed E-state index contributed by atoms with van der Waals surface area (Å²) in [5, 5.41) is 6.74. The van der Waals surface area contributed by atoms with Crippen molar-refractivity contribution in [3.05, 3.63) is 77.9 Å². The second kappa shape index (κ2) is 10.9. The number of para-hydroxylation sites is 1. The van der Waals surface area contributed by atoms with Crippen molar-refractivity contribution in [1.82, 2.24) is 10.5 Å². The van der Waals surface area contributed by atoms with Crippen LogP contribution < -0.4 is 14.8 Å². The van der Waals surface area contributed by atoms with Crippen LogP contribution in [-0.2, 0) is 11.2 Å². The molecular weight excluding hydrogens is 476 g/mol. The van der Waals surface area contributed by atoms with E-state index in [2.05, 4.69) is 23.5 Å². The van der Waals surface area contributed by atoms with E-state index in [1.165, 1.54) is 0 Å². The first kappa shape index (κ1) is 23.9. The third-order valence-corrected chi connectivity index (χ3v) is 6.93. The molecule has 0 bridgehead atoms. The van der Waals surface area contributed by atoms with Gasteiger partial charge in [0.25, 0.3) is 5.24 Å². The fourth-order valence-corrected chi connectivity index (χ4v) is 5.02. The molecule has 1 saturated heterocycles. The van der Waals surface area contributed by atoms with Crippen LogP contribution in [0, 0.1) is 0 Å². The molecule has 5 rings (SSSR count). The van der Waals surface area contributed by atoms with Gasteiger partial charge in [0.1, 0.15) is 22.4 Å². The lowest BCUT2D eigenvalue weighted by atomic mass is 10.0. The molecule has 1 aromatic heterocycles. The first-order chi connectivity index (χ1) is 17.6. The maximum absolute atomic E-state index is 11.9. The van der Waals surface area contributed by atoms with Crippen LogP contribution in [0.2, 0.25) is 0 Å². The molecule has 4 aromatic rings. The first-order valence-corrected chi connectivity index (χ1v) is 12.8. The van der Waals surface area contributed by atoms with Gasteiger partial charge in [0.2, 0.25) is 5.91 Å². The molecule has 0 radical (unpaired) electrons. The van der Waals surface area contributed by atoms with Crippen LogP contribution in [0.25, 0.3) is 22.2 Å². The lowest BCUT2D eigenvalue weighted by molar-refractivity contribution is -0.119. The maximum Gasteiger partial charge on any atom is 0.286 e. The van der Waals surface area contributed by atoms with Gasteiger partial charge in [0.15, 0.2) is 5.58 Å². The molecule has 3 aromatic carbocycles. The van der Waals surface area contributed by atoms with Gasteiger partial charge < -0.3 is 14.0 Å². The third kappa shape index (κ3) is 5.23. The summed E-state index contributed by atoms with van der Waals surface area (Å²) in [7, 11) is 0. The molecule has 7 nitrogen and oxygen atoms in total. The van der Waals surface area contributed by atoms with E-state index < -0.39 is 5.25 Å². The summed E-state index contributed by atoms with van der Waals surface area (Å²) in [5.74, 6) is 1.24. The Kier molecular flexibility index (Phi) is 7.23. The predicted molar refractivity (Wildman–Crippen MR) is 139 cm³/mol. The average Bonchev–Trinajstić information content (AvgIpc) is 3.47. The number of nitrogens with one attached hydrogen (secondary N) is 1. The Hall–Kier alpha value is -3.78. The molecule has 0 spiro atoms. The van der Waals surface area contributed by atoms with Crippen molar-refractivity contribution >= 4 is 33.9 Å². The van der Waals surface area contributed by atoms with Gasteiger partial charge in [-0.25, -0.2) is 0 Å². The molecule has 2 amide bonds. The molecular formula is C28H26N2O5S. The predicted octanol–water partition coefficient (Wildman–Crippen LogP) is 6.32. The number of hydrogen-bond donors (Lipinski definition) is 1. The van der Waals surface area contributed by atoms with E-state index >= 15 is 0 Å². The van der Waals surface area contributed by atoms with Crippen LogP contribution in [0.4, 0.5) is 4.79 Å². The second-order valence-corrected chi connectivity index (χ2v) is 9.58. The zero-order valence-corrected chi connectivity index (χ0v) is 20.7. The van der Waals surface area contributed by atoms with E-state index in [4.69, 9.17) is 14.0 Å². The molecule has 1 aliphatic rings. The smallest absolute Gasteiger partial charge is 0.286 e. The Labute approximate surface area is 213 Å². The third-order valence-electron chi connectivity index (χ3n) is 5.89. The van der Waals surface area contributed by atoms with Crippen molar-refractivity contribution in [3.8, 4) is 22.8 Å². The van der Waals surface area contributed by atoms with Crippen LogP contribution in [0.5, 0.6) is 11.5 Å². The van der Waals surface area contributed by atoms with Gasteiger partial charge in [-0.3, -0.25) is 14.9 Å². The van der Waals surface area contributed by atoms with Crippen LogP contribution in [0.15, 0.2) is 71.3 Å². The summed E-state index contributed by atoms with van der Waals surface area (Å²) in [6, 6.07) is 21.3. The standard InChI is InChI=1S/C28H26N2O5S/c1-2-7-18-16-19(25-22-10-3-4-11-24(22)35-30-25)12-13-23(18)34-15-6-14-33-21-9-5-8-20(17-21)26-27(31)29-28(32)36-26/h3-5,8-13,16-17,26H,2,6-7,14-15H2,1H3,(H,29,31,32)/t26-/m0/s1. The van der Waals surface area contributed by atoms with Crippen molar-refractivity contribution in [2.45, 2.75) is 31.4 Å². The van der Waals surface area contributed by atoms with E-state index in [-0.39, 0.29) is 11.1 Å².